The smallest absolute Gasteiger partial charge is 0.244 e. The lowest BCUT2D eigenvalue weighted by molar-refractivity contribution is -0.115. The number of hydrogen-bond donors (Lipinski definition) is 1. The Morgan fingerprint density at radius 2 is 1.97 bits per heavy atom. The molecule has 1 amide bonds. The Kier molecular flexibility index (Phi) is 8.43. The van der Waals surface area contributed by atoms with Crippen molar-refractivity contribution in [2.45, 2.75) is 60.2 Å². The zero-order chi connectivity index (χ0) is 23.3. The van der Waals surface area contributed by atoms with Crippen LogP contribution in [0.15, 0.2) is 46.5 Å². The fraction of sp³-hybridized carbons (Fsp3) is 0.455. The van der Waals surface area contributed by atoms with E-state index in [9.17, 15) is 13.2 Å². The summed E-state index contributed by atoms with van der Waals surface area (Å²) in [5.41, 5.74) is 0.563. The zero-order valence-corrected chi connectivity index (χ0v) is 20.8. The number of anilines is 1. The van der Waals surface area contributed by atoms with Gasteiger partial charge in [0.05, 0.1) is 22.4 Å². The molecule has 2 aromatic rings. The molecular formula is C22H28ClN3O4S2. The molecule has 0 bridgehead atoms. The molecule has 32 heavy (non-hydrogen) atoms. The average molecular weight is 498 g/mol. The molecule has 10 heteroatoms. The van der Waals surface area contributed by atoms with Crippen LogP contribution in [0.25, 0.3) is 0 Å². The molecule has 174 valence electrons. The van der Waals surface area contributed by atoms with Gasteiger partial charge in [0.2, 0.25) is 15.9 Å². The summed E-state index contributed by atoms with van der Waals surface area (Å²) in [4.78, 5) is 17.0. The third-order valence-corrected chi connectivity index (χ3v) is 8.80. The van der Waals surface area contributed by atoms with Crippen molar-refractivity contribution in [2.75, 3.05) is 19.5 Å². The van der Waals surface area contributed by atoms with Crippen LogP contribution in [0.1, 0.15) is 39.0 Å². The van der Waals surface area contributed by atoms with E-state index in [0.717, 1.165) is 32.1 Å². The van der Waals surface area contributed by atoms with Gasteiger partial charge in [0.15, 0.2) is 0 Å². The maximum Gasteiger partial charge on any atom is 0.244 e. The summed E-state index contributed by atoms with van der Waals surface area (Å²) in [7, 11) is -0.423. The summed E-state index contributed by atoms with van der Waals surface area (Å²) >= 11 is 7.35. The number of nitrogens with zero attached hydrogens (tertiary/aromatic N) is 2. The number of halogens is 1. The van der Waals surface area contributed by atoms with Crippen molar-refractivity contribution in [3.05, 3.63) is 41.6 Å². The summed E-state index contributed by atoms with van der Waals surface area (Å²) in [5, 5.41) is 3.34. The topological polar surface area (TPSA) is 88.6 Å². The van der Waals surface area contributed by atoms with Crippen LogP contribution in [0.4, 0.5) is 5.69 Å². The van der Waals surface area contributed by atoms with Gasteiger partial charge in [-0.1, -0.05) is 42.6 Å². The number of benzene rings is 1. The SMILES string of the molecule is COc1ccc(NC(=O)C(C)Sc2ccc(S(=O)(=O)N(C)C3CCCCC3)cn2)cc1Cl. The molecule has 1 aromatic carbocycles. The van der Waals surface area contributed by atoms with E-state index in [-0.39, 0.29) is 16.8 Å². The van der Waals surface area contributed by atoms with Crippen LogP contribution in [-0.4, -0.2) is 49.1 Å². The van der Waals surface area contributed by atoms with E-state index >= 15 is 0 Å². The predicted molar refractivity (Wildman–Crippen MR) is 128 cm³/mol. The number of rotatable bonds is 8. The number of hydrogen-bond acceptors (Lipinski definition) is 6. The number of methoxy groups -OCH3 is 1. The Bertz CT molecular complexity index is 1040. The highest BCUT2D eigenvalue weighted by Gasteiger charge is 2.29. The van der Waals surface area contributed by atoms with Gasteiger partial charge in [-0.15, -0.1) is 0 Å². The van der Waals surface area contributed by atoms with Crippen molar-refractivity contribution in [1.82, 2.24) is 9.29 Å². The summed E-state index contributed by atoms with van der Waals surface area (Å²) < 4.78 is 32.5. The van der Waals surface area contributed by atoms with Gasteiger partial charge in [0.25, 0.3) is 0 Å². The largest absolute Gasteiger partial charge is 0.495 e. The molecule has 1 saturated carbocycles. The normalized spacial score (nSPS) is 16.0. The number of pyridine rings is 1. The lowest BCUT2D eigenvalue weighted by atomic mass is 9.96. The fourth-order valence-corrected chi connectivity index (χ4v) is 6.03. The minimum Gasteiger partial charge on any atom is -0.495 e. The lowest BCUT2D eigenvalue weighted by Crippen LogP contribution is -2.38. The van der Waals surface area contributed by atoms with E-state index in [1.165, 1.54) is 29.4 Å². The summed E-state index contributed by atoms with van der Waals surface area (Å²) in [5.74, 6) is 0.312. The van der Waals surface area contributed by atoms with Gasteiger partial charge in [-0.3, -0.25) is 4.79 Å². The first-order chi connectivity index (χ1) is 15.2. The number of carbonyl (C=O) groups is 1. The van der Waals surface area contributed by atoms with E-state index in [1.54, 1.807) is 44.3 Å². The third kappa shape index (κ3) is 5.95. The lowest BCUT2D eigenvalue weighted by Gasteiger charge is -2.30. The van der Waals surface area contributed by atoms with Crippen LogP contribution < -0.4 is 10.1 Å². The standard InChI is InChI=1S/C22H28ClN3O4S2/c1-15(22(27)25-16-9-11-20(30-3)19(23)13-16)31-21-12-10-18(14-24-21)32(28,29)26(2)17-7-5-4-6-8-17/h9-15,17H,4-8H2,1-3H3,(H,25,27). The highest BCUT2D eigenvalue weighted by atomic mass is 35.5. The Hall–Kier alpha value is -1.81. The Morgan fingerprint density at radius 1 is 1.25 bits per heavy atom. The van der Waals surface area contributed by atoms with Gasteiger partial charge in [-0.25, -0.2) is 13.4 Å². The van der Waals surface area contributed by atoms with Crippen LogP contribution in [0, 0.1) is 0 Å². The minimum absolute atomic E-state index is 0.0398. The first-order valence-corrected chi connectivity index (χ1v) is 13.2. The van der Waals surface area contributed by atoms with Gasteiger partial charge in [-0.2, -0.15) is 4.31 Å². The molecule has 0 spiro atoms. The van der Waals surface area contributed by atoms with E-state index < -0.39 is 15.3 Å². The molecule has 1 N–H and O–H groups in total. The quantitative estimate of drug-likeness (QED) is 0.526. The van der Waals surface area contributed by atoms with E-state index in [0.29, 0.717) is 21.5 Å². The van der Waals surface area contributed by atoms with Crippen LogP contribution in [0.3, 0.4) is 0 Å². The van der Waals surface area contributed by atoms with Crippen molar-refractivity contribution in [1.29, 1.82) is 0 Å². The number of ether oxygens (including phenoxy) is 1. The van der Waals surface area contributed by atoms with Gasteiger partial charge < -0.3 is 10.1 Å². The molecule has 0 saturated heterocycles. The number of nitrogens with one attached hydrogen (secondary N) is 1. The molecule has 1 aromatic heterocycles. The molecule has 1 unspecified atom stereocenters. The second kappa shape index (κ2) is 10.9. The minimum atomic E-state index is -3.59. The van der Waals surface area contributed by atoms with Gasteiger partial charge in [0, 0.05) is 25.0 Å². The Morgan fingerprint density at radius 3 is 2.56 bits per heavy atom. The van der Waals surface area contributed by atoms with Crippen LogP contribution >= 0.6 is 23.4 Å². The molecule has 1 heterocycles. The first-order valence-electron chi connectivity index (χ1n) is 10.5. The molecule has 0 aliphatic heterocycles. The first kappa shape index (κ1) is 24.8. The third-order valence-electron chi connectivity index (χ3n) is 5.56. The molecule has 3 rings (SSSR count). The Balaban J connectivity index is 1.61. The molecule has 0 radical (unpaired) electrons. The zero-order valence-electron chi connectivity index (χ0n) is 18.4. The average Bonchev–Trinajstić information content (AvgIpc) is 2.79. The molecule has 1 aliphatic carbocycles. The number of sulfonamides is 1. The highest BCUT2D eigenvalue weighted by molar-refractivity contribution is 8.00. The molecule has 7 nitrogen and oxygen atoms in total. The van der Waals surface area contributed by atoms with Crippen molar-refractivity contribution >= 4 is 45.0 Å². The monoisotopic (exact) mass is 497 g/mol. The van der Waals surface area contributed by atoms with E-state index in [2.05, 4.69) is 10.3 Å². The molecule has 1 fully saturated rings. The molecule has 1 atom stereocenters. The highest BCUT2D eigenvalue weighted by Crippen LogP contribution is 2.29. The molecular weight excluding hydrogens is 470 g/mol. The second-order valence-corrected chi connectivity index (χ2v) is 11.5. The van der Waals surface area contributed by atoms with Crippen LogP contribution in [0.5, 0.6) is 5.75 Å². The van der Waals surface area contributed by atoms with Gasteiger partial charge in [-0.05, 0) is 50.1 Å². The number of carbonyl (C=O) groups excluding carboxylic acids is 1. The summed E-state index contributed by atoms with van der Waals surface area (Å²) in [6, 6.07) is 8.24. The van der Waals surface area contributed by atoms with Crippen molar-refractivity contribution < 1.29 is 17.9 Å². The second-order valence-electron chi connectivity index (χ2n) is 7.74. The van der Waals surface area contributed by atoms with Crippen molar-refractivity contribution in [2.24, 2.45) is 0 Å². The number of amides is 1. The fourth-order valence-electron chi connectivity index (χ4n) is 3.62. The molecule has 1 aliphatic rings. The van der Waals surface area contributed by atoms with Crippen molar-refractivity contribution in [3.8, 4) is 5.75 Å². The number of aromatic nitrogens is 1. The summed E-state index contributed by atoms with van der Waals surface area (Å²) in [6.07, 6.45) is 6.42. The maximum atomic E-state index is 12.9. The van der Waals surface area contributed by atoms with Crippen LogP contribution in [-0.2, 0) is 14.8 Å². The van der Waals surface area contributed by atoms with Gasteiger partial charge >= 0.3 is 0 Å². The van der Waals surface area contributed by atoms with Crippen LogP contribution in [0.2, 0.25) is 5.02 Å². The summed E-state index contributed by atoms with van der Waals surface area (Å²) in [6.45, 7) is 1.76. The maximum absolute atomic E-state index is 12.9. The van der Waals surface area contributed by atoms with E-state index in [4.69, 9.17) is 16.3 Å². The number of thioether (sulfide) groups is 1. The Labute approximate surface area is 198 Å². The van der Waals surface area contributed by atoms with E-state index in [1.807, 2.05) is 0 Å². The van der Waals surface area contributed by atoms with Crippen molar-refractivity contribution in [3.63, 3.8) is 0 Å². The predicted octanol–water partition coefficient (Wildman–Crippen LogP) is 4.82. The van der Waals surface area contributed by atoms with Gasteiger partial charge in [0.1, 0.15) is 10.6 Å².